The van der Waals surface area contributed by atoms with Crippen molar-refractivity contribution in [1.29, 1.82) is 0 Å². The standard InChI is InChI=1S/C20H18N4O5/c1-13-10-18(24(27)28)22-23(13)12-15-6-3-4-9-17(15)19(25)21-16-8-5-7-14(11-16)20(26)29-2/h3-11H,12H2,1-2H3,(H,21,25). The van der Waals surface area contributed by atoms with Crippen LogP contribution >= 0.6 is 0 Å². The number of benzene rings is 2. The molecule has 1 N–H and O–H groups in total. The van der Waals surface area contributed by atoms with E-state index < -0.39 is 10.9 Å². The largest absolute Gasteiger partial charge is 0.465 e. The highest BCUT2D eigenvalue weighted by molar-refractivity contribution is 6.05. The molecule has 3 rings (SSSR count). The van der Waals surface area contributed by atoms with Gasteiger partial charge in [-0.25, -0.2) is 4.79 Å². The van der Waals surface area contributed by atoms with Crippen molar-refractivity contribution >= 4 is 23.4 Å². The number of nitro groups is 1. The first-order chi connectivity index (χ1) is 13.9. The van der Waals surface area contributed by atoms with E-state index in [2.05, 4.69) is 15.2 Å². The number of anilines is 1. The Morgan fingerprint density at radius 3 is 2.62 bits per heavy atom. The zero-order valence-electron chi connectivity index (χ0n) is 15.8. The van der Waals surface area contributed by atoms with Crippen LogP contribution in [0.15, 0.2) is 54.6 Å². The molecule has 3 aromatic rings. The lowest BCUT2D eigenvalue weighted by molar-refractivity contribution is -0.389. The molecule has 0 fully saturated rings. The number of amides is 1. The second-order valence-electron chi connectivity index (χ2n) is 6.24. The van der Waals surface area contributed by atoms with Crippen LogP contribution in [-0.2, 0) is 11.3 Å². The summed E-state index contributed by atoms with van der Waals surface area (Å²) in [6.07, 6.45) is 0. The SMILES string of the molecule is COC(=O)c1cccc(NC(=O)c2ccccc2Cn2nc([N+](=O)[O-])cc2C)c1. The minimum atomic E-state index is -0.559. The zero-order chi connectivity index (χ0) is 21.0. The van der Waals surface area contributed by atoms with Crippen molar-refractivity contribution in [3.8, 4) is 0 Å². The number of rotatable bonds is 6. The number of methoxy groups -OCH3 is 1. The average Bonchev–Trinajstić information content (AvgIpc) is 3.08. The monoisotopic (exact) mass is 394 g/mol. The van der Waals surface area contributed by atoms with Crippen LogP contribution in [0.5, 0.6) is 0 Å². The normalized spacial score (nSPS) is 10.4. The highest BCUT2D eigenvalue weighted by Gasteiger charge is 2.18. The fourth-order valence-electron chi connectivity index (χ4n) is 2.82. The number of esters is 1. The number of nitrogens with one attached hydrogen (secondary N) is 1. The molecule has 9 heteroatoms. The van der Waals surface area contributed by atoms with Crippen molar-refractivity contribution in [3.05, 3.63) is 87.1 Å². The highest BCUT2D eigenvalue weighted by Crippen LogP contribution is 2.18. The first-order valence-electron chi connectivity index (χ1n) is 8.65. The fraction of sp³-hybridized carbons (Fsp3) is 0.150. The molecule has 0 aliphatic heterocycles. The predicted molar refractivity (Wildman–Crippen MR) is 105 cm³/mol. The van der Waals surface area contributed by atoms with Gasteiger partial charge in [-0.15, -0.1) is 0 Å². The van der Waals surface area contributed by atoms with Crippen LogP contribution in [0.3, 0.4) is 0 Å². The second-order valence-corrected chi connectivity index (χ2v) is 6.24. The van der Waals surface area contributed by atoms with Crippen LogP contribution in [0, 0.1) is 17.0 Å². The first kappa shape index (κ1) is 19.7. The molecule has 0 atom stereocenters. The Hall–Kier alpha value is -4.01. The minimum absolute atomic E-state index is 0.200. The molecule has 0 saturated heterocycles. The molecule has 1 amide bonds. The van der Waals surface area contributed by atoms with Gasteiger partial charge in [0.05, 0.1) is 36.1 Å². The molecule has 0 radical (unpaired) electrons. The summed E-state index contributed by atoms with van der Waals surface area (Å²) in [5.41, 5.74) is 2.41. The molecule has 0 unspecified atom stereocenters. The number of nitrogens with zero attached hydrogens (tertiary/aromatic N) is 3. The van der Waals surface area contributed by atoms with E-state index in [1.807, 2.05) is 0 Å². The summed E-state index contributed by atoms with van der Waals surface area (Å²) >= 11 is 0. The van der Waals surface area contributed by atoms with Crippen LogP contribution in [0.4, 0.5) is 11.5 Å². The Bertz CT molecular complexity index is 1090. The van der Waals surface area contributed by atoms with Gasteiger partial charge in [-0.05, 0) is 41.7 Å². The third-order valence-electron chi connectivity index (χ3n) is 4.28. The van der Waals surface area contributed by atoms with Crippen molar-refractivity contribution in [2.75, 3.05) is 12.4 Å². The Kier molecular flexibility index (Phi) is 5.68. The van der Waals surface area contributed by atoms with Gasteiger partial charge in [-0.1, -0.05) is 24.3 Å². The Labute approximate surface area is 166 Å². The van der Waals surface area contributed by atoms with Gasteiger partial charge in [0.25, 0.3) is 5.91 Å². The van der Waals surface area contributed by atoms with Crippen LogP contribution in [-0.4, -0.2) is 33.7 Å². The molecule has 0 aliphatic carbocycles. The molecule has 0 aliphatic rings. The summed E-state index contributed by atoms with van der Waals surface area (Å²) in [6.45, 7) is 1.91. The van der Waals surface area contributed by atoms with Gasteiger partial charge in [-0.2, -0.15) is 4.68 Å². The van der Waals surface area contributed by atoms with Gasteiger partial charge in [0.1, 0.15) is 0 Å². The number of carbonyl (C=O) groups is 2. The van der Waals surface area contributed by atoms with Crippen LogP contribution in [0.2, 0.25) is 0 Å². The lowest BCUT2D eigenvalue weighted by Gasteiger charge is -2.10. The molecule has 0 saturated carbocycles. The van der Waals surface area contributed by atoms with E-state index in [0.29, 0.717) is 28.1 Å². The van der Waals surface area contributed by atoms with E-state index in [4.69, 9.17) is 0 Å². The molecule has 0 spiro atoms. The maximum atomic E-state index is 12.8. The van der Waals surface area contributed by atoms with E-state index >= 15 is 0 Å². The molecular weight excluding hydrogens is 376 g/mol. The van der Waals surface area contributed by atoms with E-state index in [1.54, 1.807) is 49.4 Å². The second kappa shape index (κ2) is 8.34. The summed E-state index contributed by atoms with van der Waals surface area (Å²) in [5.74, 6) is -1.12. The lowest BCUT2D eigenvalue weighted by atomic mass is 10.1. The average molecular weight is 394 g/mol. The third-order valence-corrected chi connectivity index (χ3v) is 4.28. The highest BCUT2D eigenvalue weighted by atomic mass is 16.6. The fourth-order valence-corrected chi connectivity index (χ4v) is 2.82. The Morgan fingerprint density at radius 2 is 1.93 bits per heavy atom. The maximum absolute atomic E-state index is 12.8. The molecule has 148 valence electrons. The number of carbonyl (C=O) groups excluding carboxylic acids is 2. The molecule has 1 heterocycles. The summed E-state index contributed by atoms with van der Waals surface area (Å²) in [4.78, 5) is 34.8. The van der Waals surface area contributed by atoms with E-state index in [9.17, 15) is 19.7 Å². The van der Waals surface area contributed by atoms with Crippen molar-refractivity contribution in [2.24, 2.45) is 0 Å². The number of hydrogen-bond acceptors (Lipinski definition) is 6. The molecule has 1 aromatic heterocycles. The summed E-state index contributed by atoms with van der Waals surface area (Å²) < 4.78 is 6.16. The lowest BCUT2D eigenvalue weighted by Crippen LogP contribution is -2.16. The van der Waals surface area contributed by atoms with Crippen molar-refractivity contribution in [2.45, 2.75) is 13.5 Å². The minimum Gasteiger partial charge on any atom is -0.465 e. The van der Waals surface area contributed by atoms with E-state index in [1.165, 1.54) is 23.9 Å². The van der Waals surface area contributed by atoms with Gasteiger partial charge in [0.2, 0.25) is 0 Å². The smallest absolute Gasteiger partial charge is 0.390 e. The molecule has 9 nitrogen and oxygen atoms in total. The number of aromatic nitrogens is 2. The Balaban J connectivity index is 1.84. The van der Waals surface area contributed by atoms with Crippen LogP contribution < -0.4 is 5.32 Å². The van der Waals surface area contributed by atoms with Crippen molar-refractivity contribution in [3.63, 3.8) is 0 Å². The molecular formula is C20H18N4O5. The maximum Gasteiger partial charge on any atom is 0.390 e. The molecule has 2 aromatic carbocycles. The predicted octanol–water partition coefficient (Wildman–Crippen LogP) is 3.19. The van der Waals surface area contributed by atoms with E-state index in [0.717, 1.165) is 0 Å². The van der Waals surface area contributed by atoms with Gasteiger partial charge in [-0.3, -0.25) is 4.79 Å². The van der Waals surface area contributed by atoms with Crippen molar-refractivity contribution in [1.82, 2.24) is 9.78 Å². The quantitative estimate of drug-likeness (QED) is 0.390. The number of hydrogen-bond donors (Lipinski definition) is 1. The molecule has 0 bridgehead atoms. The summed E-state index contributed by atoms with van der Waals surface area (Å²) in [7, 11) is 1.28. The van der Waals surface area contributed by atoms with Gasteiger partial charge < -0.3 is 20.2 Å². The van der Waals surface area contributed by atoms with Gasteiger partial charge in [0, 0.05) is 11.3 Å². The van der Waals surface area contributed by atoms with Gasteiger partial charge in [0.15, 0.2) is 0 Å². The van der Waals surface area contributed by atoms with Crippen LogP contribution in [0.25, 0.3) is 0 Å². The summed E-state index contributed by atoms with van der Waals surface area (Å²) in [5, 5.41) is 17.6. The Morgan fingerprint density at radius 1 is 1.17 bits per heavy atom. The summed E-state index contributed by atoms with van der Waals surface area (Å²) in [6, 6.07) is 14.7. The first-order valence-corrected chi connectivity index (χ1v) is 8.65. The number of aryl methyl sites for hydroxylation is 1. The van der Waals surface area contributed by atoms with Crippen LogP contribution in [0.1, 0.15) is 32.0 Å². The topological polar surface area (TPSA) is 116 Å². The van der Waals surface area contributed by atoms with Crippen molar-refractivity contribution < 1.29 is 19.2 Å². The van der Waals surface area contributed by atoms with Gasteiger partial charge >= 0.3 is 11.8 Å². The zero-order valence-corrected chi connectivity index (χ0v) is 15.8. The number of ether oxygens (including phenoxy) is 1. The third kappa shape index (κ3) is 4.46. The molecule has 29 heavy (non-hydrogen) atoms. The van der Waals surface area contributed by atoms with E-state index in [-0.39, 0.29) is 18.3 Å².